The van der Waals surface area contributed by atoms with Crippen LogP contribution in [0.5, 0.6) is 0 Å². The van der Waals surface area contributed by atoms with Gasteiger partial charge in [-0.2, -0.15) is 0 Å². The molecule has 0 saturated heterocycles. The second kappa shape index (κ2) is 6.32. The Morgan fingerprint density at radius 1 is 1.19 bits per heavy atom. The highest BCUT2D eigenvalue weighted by Gasteiger charge is 2.10. The lowest BCUT2D eigenvalue weighted by atomic mass is 10.2. The van der Waals surface area contributed by atoms with Crippen LogP contribution in [0.25, 0.3) is 0 Å². The van der Waals surface area contributed by atoms with Crippen LogP contribution in [0.1, 0.15) is 17.4 Å². The quantitative estimate of drug-likeness (QED) is 0.856. The Balaban J connectivity index is 2.19. The first-order valence-corrected chi connectivity index (χ1v) is 6.34. The number of nitrogens with one attached hydrogen (secondary N) is 2. The van der Waals surface area contributed by atoms with Crippen LogP contribution in [0.15, 0.2) is 36.4 Å². The molecule has 0 saturated carbocycles. The molecule has 7 heteroatoms. The number of amides is 2. The van der Waals surface area contributed by atoms with E-state index in [1.807, 2.05) is 0 Å². The molecule has 2 aromatic rings. The Morgan fingerprint density at radius 3 is 2.62 bits per heavy atom. The average molecular weight is 308 g/mol. The SMILES string of the molecule is CC(=O)Nc1cc(NC(=O)c2cccc(Cl)n2)ccc1F. The molecule has 0 spiro atoms. The van der Waals surface area contributed by atoms with E-state index in [9.17, 15) is 14.0 Å². The highest BCUT2D eigenvalue weighted by molar-refractivity contribution is 6.29. The van der Waals surface area contributed by atoms with Crippen molar-refractivity contribution in [2.24, 2.45) is 0 Å². The molecule has 2 N–H and O–H groups in total. The van der Waals surface area contributed by atoms with Gasteiger partial charge in [-0.25, -0.2) is 9.37 Å². The van der Waals surface area contributed by atoms with Gasteiger partial charge in [-0.05, 0) is 30.3 Å². The van der Waals surface area contributed by atoms with Gasteiger partial charge >= 0.3 is 0 Å². The average Bonchev–Trinajstić information content (AvgIpc) is 2.42. The van der Waals surface area contributed by atoms with Gasteiger partial charge in [-0.3, -0.25) is 9.59 Å². The maximum absolute atomic E-state index is 13.5. The first-order chi connectivity index (χ1) is 9.95. The number of aromatic nitrogens is 1. The maximum atomic E-state index is 13.5. The van der Waals surface area contributed by atoms with Gasteiger partial charge < -0.3 is 10.6 Å². The molecule has 108 valence electrons. The highest BCUT2D eigenvalue weighted by atomic mass is 35.5. The summed E-state index contributed by atoms with van der Waals surface area (Å²) >= 11 is 5.71. The molecule has 2 rings (SSSR count). The third-order valence-electron chi connectivity index (χ3n) is 2.48. The van der Waals surface area contributed by atoms with E-state index >= 15 is 0 Å². The van der Waals surface area contributed by atoms with E-state index in [0.29, 0.717) is 5.69 Å². The van der Waals surface area contributed by atoms with E-state index in [1.165, 1.54) is 25.1 Å². The Hall–Kier alpha value is -2.47. The summed E-state index contributed by atoms with van der Waals surface area (Å²) in [4.78, 5) is 26.8. The molecule has 0 fully saturated rings. The molecule has 2 amide bonds. The van der Waals surface area contributed by atoms with Crippen molar-refractivity contribution in [2.75, 3.05) is 10.6 Å². The summed E-state index contributed by atoms with van der Waals surface area (Å²) in [6.07, 6.45) is 0. The number of hydrogen-bond acceptors (Lipinski definition) is 3. The number of rotatable bonds is 3. The molecule has 5 nitrogen and oxygen atoms in total. The molecule has 0 aliphatic carbocycles. The second-order valence-corrected chi connectivity index (χ2v) is 4.56. The van der Waals surface area contributed by atoms with Crippen LogP contribution in [0.2, 0.25) is 5.15 Å². The van der Waals surface area contributed by atoms with E-state index in [-0.39, 0.29) is 16.5 Å². The van der Waals surface area contributed by atoms with Crippen molar-refractivity contribution in [1.29, 1.82) is 0 Å². The Morgan fingerprint density at radius 2 is 1.95 bits per heavy atom. The monoisotopic (exact) mass is 307 g/mol. The van der Waals surface area contributed by atoms with Gasteiger partial charge in [-0.1, -0.05) is 17.7 Å². The third-order valence-corrected chi connectivity index (χ3v) is 2.69. The number of hydrogen-bond donors (Lipinski definition) is 2. The standard InChI is InChI=1S/C14H11ClFN3O2/c1-8(20)17-12-7-9(5-6-10(12)16)18-14(21)11-3-2-4-13(15)19-11/h2-7H,1H3,(H,17,20)(H,18,21). The van der Waals surface area contributed by atoms with E-state index in [1.54, 1.807) is 12.1 Å². The molecule has 0 atom stereocenters. The molecule has 0 unspecified atom stereocenters. The normalized spacial score (nSPS) is 10.0. The summed E-state index contributed by atoms with van der Waals surface area (Å²) < 4.78 is 13.5. The number of pyridine rings is 1. The van der Waals surface area contributed by atoms with E-state index in [2.05, 4.69) is 15.6 Å². The van der Waals surface area contributed by atoms with Crippen molar-refractivity contribution >= 4 is 34.8 Å². The molecule has 1 aromatic carbocycles. The first kappa shape index (κ1) is 14.9. The Kier molecular flexibility index (Phi) is 4.49. The zero-order valence-corrected chi connectivity index (χ0v) is 11.7. The zero-order chi connectivity index (χ0) is 15.4. The summed E-state index contributed by atoms with van der Waals surface area (Å²) in [5, 5.41) is 5.08. The van der Waals surface area contributed by atoms with Crippen LogP contribution in [0, 0.1) is 5.82 Å². The fraction of sp³-hybridized carbons (Fsp3) is 0.0714. The minimum Gasteiger partial charge on any atom is -0.324 e. The summed E-state index contributed by atoms with van der Waals surface area (Å²) in [6, 6.07) is 8.48. The maximum Gasteiger partial charge on any atom is 0.274 e. The molecule has 0 bridgehead atoms. The lowest BCUT2D eigenvalue weighted by molar-refractivity contribution is -0.114. The summed E-state index contributed by atoms with van der Waals surface area (Å²) in [7, 11) is 0. The molecular formula is C14H11ClFN3O2. The van der Waals surface area contributed by atoms with Gasteiger partial charge in [0, 0.05) is 12.6 Å². The number of carbonyl (C=O) groups is 2. The Bertz CT molecular complexity index is 706. The van der Waals surface area contributed by atoms with Gasteiger partial charge in [-0.15, -0.1) is 0 Å². The van der Waals surface area contributed by atoms with Crippen molar-refractivity contribution < 1.29 is 14.0 Å². The van der Waals surface area contributed by atoms with Crippen LogP contribution in [-0.2, 0) is 4.79 Å². The van der Waals surface area contributed by atoms with Crippen LogP contribution in [-0.4, -0.2) is 16.8 Å². The summed E-state index contributed by atoms with van der Waals surface area (Å²) in [5.41, 5.74) is 0.444. The molecule has 0 aliphatic heterocycles. The molecule has 0 aliphatic rings. The van der Waals surface area contributed by atoms with E-state index < -0.39 is 17.6 Å². The predicted molar refractivity (Wildman–Crippen MR) is 77.9 cm³/mol. The van der Waals surface area contributed by atoms with Gasteiger partial charge in [0.1, 0.15) is 16.7 Å². The van der Waals surface area contributed by atoms with E-state index in [4.69, 9.17) is 11.6 Å². The smallest absolute Gasteiger partial charge is 0.274 e. The largest absolute Gasteiger partial charge is 0.324 e. The van der Waals surface area contributed by atoms with Gasteiger partial charge in [0.2, 0.25) is 5.91 Å². The van der Waals surface area contributed by atoms with Crippen molar-refractivity contribution in [1.82, 2.24) is 4.98 Å². The molecule has 21 heavy (non-hydrogen) atoms. The van der Waals surface area contributed by atoms with E-state index in [0.717, 1.165) is 6.07 Å². The van der Waals surface area contributed by atoms with Crippen molar-refractivity contribution in [3.63, 3.8) is 0 Å². The minimum atomic E-state index is -0.593. The number of nitrogens with zero attached hydrogens (tertiary/aromatic N) is 1. The summed E-state index contributed by atoms with van der Waals surface area (Å²) in [6.45, 7) is 1.26. The second-order valence-electron chi connectivity index (χ2n) is 4.18. The molecular weight excluding hydrogens is 297 g/mol. The van der Waals surface area contributed by atoms with Crippen LogP contribution < -0.4 is 10.6 Å². The van der Waals surface area contributed by atoms with Gasteiger partial charge in [0.15, 0.2) is 0 Å². The molecule has 1 aromatic heterocycles. The Labute approximate surface area is 125 Å². The van der Waals surface area contributed by atoms with Crippen LogP contribution in [0.3, 0.4) is 0 Å². The molecule has 1 heterocycles. The number of carbonyl (C=O) groups excluding carboxylic acids is 2. The lowest BCUT2D eigenvalue weighted by Crippen LogP contribution is -2.14. The minimum absolute atomic E-state index is 0.0145. The number of anilines is 2. The van der Waals surface area contributed by atoms with Crippen molar-refractivity contribution in [3.8, 4) is 0 Å². The van der Waals surface area contributed by atoms with Crippen LogP contribution >= 0.6 is 11.6 Å². The van der Waals surface area contributed by atoms with Crippen molar-refractivity contribution in [3.05, 3.63) is 53.1 Å². The summed E-state index contributed by atoms with van der Waals surface area (Å²) in [5.74, 6) is -1.49. The van der Waals surface area contributed by atoms with Gasteiger partial charge in [0.25, 0.3) is 5.91 Å². The topological polar surface area (TPSA) is 71.1 Å². The fourth-order valence-corrected chi connectivity index (χ4v) is 1.78. The lowest BCUT2D eigenvalue weighted by Gasteiger charge is -2.08. The zero-order valence-electron chi connectivity index (χ0n) is 11.0. The van der Waals surface area contributed by atoms with Crippen molar-refractivity contribution in [2.45, 2.75) is 6.92 Å². The fourth-order valence-electron chi connectivity index (χ4n) is 1.62. The first-order valence-electron chi connectivity index (χ1n) is 5.97. The predicted octanol–water partition coefficient (Wildman–Crippen LogP) is 3.08. The molecule has 0 radical (unpaired) electrons. The van der Waals surface area contributed by atoms with Crippen LogP contribution in [0.4, 0.5) is 15.8 Å². The number of benzene rings is 1. The van der Waals surface area contributed by atoms with Gasteiger partial charge in [0.05, 0.1) is 5.69 Å². The third kappa shape index (κ3) is 4.00. The number of halogens is 2. The highest BCUT2D eigenvalue weighted by Crippen LogP contribution is 2.20.